The van der Waals surface area contributed by atoms with Gasteiger partial charge in [0, 0.05) is 37.1 Å². The quantitative estimate of drug-likeness (QED) is 0.895. The Morgan fingerprint density at radius 3 is 2.62 bits per heavy atom. The summed E-state index contributed by atoms with van der Waals surface area (Å²) in [6.07, 6.45) is 1.70. The molecule has 108 valence electrons. The van der Waals surface area contributed by atoms with E-state index in [2.05, 4.69) is 9.88 Å². The molecule has 0 amide bonds. The molecule has 1 aliphatic heterocycles. The topological polar surface area (TPSA) is 79.5 Å². The highest BCUT2D eigenvalue weighted by Gasteiger charge is 2.31. The number of hydrogen-bond donors (Lipinski definition) is 2. The van der Waals surface area contributed by atoms with Gasteiger partial charge in [0.05, 0.1) is 11.6 Å². The second-order valence-corrected chi connectivity index (χ2v) is 5.40. The second kappa shape index (κ2) is 5.54. The lowest BCUT2D eigenvalue weighted by molar-refractivity contribution is -0.147. The monoisotopic (exact) mass is 283 g/mol. The number of anilines is 1. The van der Waals surface area contributed by atoms with E-state index in [0.29, 0.717) is 18.8 Å². The summed E-state index contributed by atoms with van der Waals surface area (Å²) < 4.78 is 0. The largest absolute Gasteiger partial charge is 0.481 e. The summed E-state index contributed by atoms with van der Waals surface area (Å²) in [6, 6.07) is 11.8. The fraction of sp³-hybridized carbons (Fsp3) is 0.250. The van der Waals surface area contributed by atoms with Gasteiger partial charge in [0.15, 0.2) is 0 Å². The predicted octanol–water partition coefficient (Wildman–Crippen LogP) is 1.85. The normalized spacial score (nSPS) is 15.6. The summed E-state index contributed by atoms with van der Waals surface area (Å²) in [5, 5.41) is 8.86. The number of nitrogens with zero attached hydrogens (tertiary/aromatic N) is 2. The molecule has 2 aromatic rings. The number of carboxylic acids is 1. The first kappa shape index (κ1) is 13.6. The van der Waals surface area contributed by atoms with Gasteiger partial charge < -0.3 is 10.8 Å². The van der Waals surface area contributed by atoms with Gasteiger partial charge in [0.1, 0.15) is 0 Å². The van der Waals surface area contributed by atoms with Gasteiger partial charge >= 0.3 is 5.97 Å². The molecule has 1 aliphatic rings. The number of benzene rings is 1. The number of hydrogen-bond acceptors (Lipinski definition) is 4. The van der Waals surface area contributed by atoms with Crippen LogP contribution in [0.4, 0.5) is 5.69 Å². The zero-order valence-electron chi connectivity index (χ0n) is 11.6. The highest BCUT2D eigenvalue weighted by Crippen LogP contribution is 2.22. The molecule has 1 aromatic carbocycles. The van der Waals surface area contributed by atoms with Gasteiger partial charge in [-0.1, -0.05) is 24.3 Å². The molecular formula is C16H17N3O2. The zero-order valence-corrected chi connectivity index (χ0v) is 11.6. The lowest BCUT2D eigenvalue weighted by atomic mass is 9.99. The van der Waals surface area contributed by atoms with E-state index >= 15 is 0 Å². The Hall–Kier alpha value is -2.40. The molecule has 3 rings (SSSR count). The fourth-order valence-corrected chi connectivity index (χ4v) is 2.50. The number of pyridine rings is 1. The SMILES string of the molecule is Nc1ccnc(-c2ccc(CN3CC(C(=O)O)C3)cc2)c1. The van der Waals surface area contributed by atoms with Crippen molar-refractivity contribution in [3.63, 3.8) is 0 Å². The van der Waals surface area contributed by atoms with Gasteiger partial charge in [0.2, 0.25) is 0 Å². The summed E-state index contributed by atoms with van der Waals surface area (Å²) >= 11 is 0. The Labute approximate surface area is 123 Å². The Balaban J connectivity index is 1.64. The average Bonchev–Trinajstić information content (AvgIpc) is 2.42. The van der Waals surface area contributed by atoms with E-state index in [1.165, 1.54) is 5.56 Å². The molecule has 5 nitrogen and oxygen atoms in total. The summed E-state index contributed by atoms with van der Waals surface area (Å²) in [5.74, 6) is -0.907. The molecule has 0 bridgehead atoms. The van der Waals surface area contributed by atoms with Crippen molar-refractivity contribution in [2.45, 2.75) is 6.54 Å². The highest BCUT2D eigenvalue weighted by molar-refractivity contribution is 5.71. The van der Waals surface area contributed by atoms with E-state index in [1.54, 1.807) is 12.3 Å². The molecule has 0 atom stereocenters. The summed E-state index contributed by atoms with van der Waals surface area (Å²) in [4.78, 5) is 17.2. The minimum Gasteiger partial charge on any atom is -0.481 e. The first-order chi connectivity index (χ1) is 10.1. The standard InChI is InChI=1S/C16H17N3O2/c17-14-5-6-18-15(7-14)12-3-1-11(2-4-12)8-19-9-13(10-19)16(20)21/h1-7,13H,8-10H2,(H2,17,18)(H,20,21). The Morgan fingerprint density at radius 1 is 1.29 bits per heavy atom. The third-order valence-corrected chi connectivity index (χ3v) is 3.75. The zero-order chi connectivity index (χ0) is 14.8. The lowest BCUT2D eigenvalue weighted by Crippen LogP contribution is -2.49. The van der Waals surface area contributed by atoms with E-state index in [4.69, 9.17) is 10.8 Å². The molecule has 21 heavy (non-hydrogen) atoms. The van der Waals surface area contributed by atoms with Crippen molar-refractivity contribution in [2.75, 3.05) is 18.8 Å². The molecule has 0 radical (unpaired) electrons. The van der Waals surface area contributed by atoms with E-state index in [9.17, 15) is 4.79 Å². The van der Waals surface area contributed by atoms with Crippen molar-refractivity contribution in [1.82, 2.24) is 9.88 Å². The van der Waals surface area contributed by atoms with Gasteiger partial charge in [-0.15, -0.1) is 0 Å². The Bertz CT molecular complexity index is 649. The van der Waals surface area contributed by atoms with Crippen LogP contribution in [0, 0.1) is 5.92 Å². The number of nitrogens with two attached hydrogens (primary N) is 1. The van der Waals surface area contributed by atoms with Gasteiger partial charge in [-0.2, -0.15) is 0 Å². The maximum atomic E-state index is 10.8. The van der Waals surface area contributed by atoms with Crippen molar-refractivity contribution < 1.29 is 9.90 Å². The number of rotatable bonds is 4. The maximum absolute atomic E-state index is 10.8. The van der Waals surface area contributed by atoms with Gasteiger partial charge in [-0.25, -0.2) is 0 Å². The van der Waals surface area contributed by atoms with E-state index in [0.717, 1.165) is 17.8 Å². The molecule has 2 heterocycles. The Morgan fingerprint density at radius 2 is 2.00 bits per heavy atom. The summed E-state index contributed by atoms with van der Waals surface area (Å²) in [7, 11) is 0. The van der Waals surface area contributed by atoms with Crippen LogP contribution in [0.1, 0.15) is 5.56 Å². The van der Waals surface area contributed by atoms with Crippen LogP contribution in [-0.2, 0) is 11.3 Å². The summed E-state index contributed by atoms with van der Waals surface area (Å²) in [5.41, 5.74) is 9.52. The van der Waals surface area contributed by atoms with Crippen molar-refractivity contribution in [1.29, 1.82) is 0 Å². The van der Waals surface area contributed by atoms with Crippen LogP contribution in [0.3, 0.4) is 0 Å². The predicted molar refractivity (Wildman–Crippen MR) is 80.5 cm³/mol. The third kappa shape index (κ3) is 3.03. The number of aromatic nitrogens is 1. The molecule has 1 aromatic heterocycles. The third-order valence-electron chi connectivity index (χ3n) is 3.75. The lowest BCUT2D eigenvalue weighted by Gasteiger charge is -2.36. The smallest absolute Gasteiger partial charge is 0.309 e. The van der Waals surface area contributed by atoms with Crippen LogP contribution in [0.25, 0.3) is 11.3 Å². The molecule has 5 heteroatoms. The molecule has 0 aliphatic carbocycles. The van der Waals surface area contributed by atoms with Crippen LogP contribution in [0.15, 0.2) is 42.6 Å². The minimum atomic E-state index is -0.700. The number of carbonyl (C=O) groups is 1. The number of nitrogen functional groups attached to an aromatic ring is 1. The van der Waals surface area contributed by atoms with E-state index in [1.807, 2.05) is 30.3 Å². The summed E-state index contributed by atoms with van der Waals surface area (Å²) in [6.45, 7) is 2.05. The molecule has 0 saturated carbocycles. The first-order valence-corrected chi connectivity index (χ1v) is 6.88. The molecule has 1 fully saturated rings. The van der Waals surface area contributed by atoms with Gasteiger partial charge in [-0.3, -0.25) is 14.7 Å². The van der Waals surface area contributed by atoms with Crippen molar-refractivity contribution in [3.8, 4) is 11.3 Å². The molecule has 0 unspecified atom stereocenters. The molecule has 3 N–H and O–H groups in total. The Kier molecular flexibility index (Phi) is 3.58. The van der Waals surface area contributed by atoms with Gasteiger partial charge in [-0.05, 0) is 17.7 Å². The second-order valence-electron chi connectivity index (χ2n) is 5.40. The highest BCUT2D eigenvalue weighted by atomic mass is 16.4. The van der Waals surface area contributed by atoms with Crippen LogP contribution in [0.5, 0.6) is 0 Å². The van der Waals surface area contributed by atoms with Gasteiger partial charge in [0.25, 0.3) is 0 Å². The number of likely N-dealkylation sites (tertiary alicyclic amines) is 1. The van der Waals surface area contributed by atoms with Crippen molar-refractivity contribution in [3.05, 3.63) is 48.2 Å². The number of aliphatic carboxylic acids is 1. The van der Waals surface area contributed by atoms with Crippen LogP contribution >= 0.6 is 0 Å². The van der Waals surface area contributed by atoms with Crippen LogP contribution in [-0.4, -0.2) is 34.0 Å². The first-order valence-electron chi connectivity index (χ1n) is 6.88. The maximum Gasteiger partial charge on any atom is 0.309 e. The van der Waals surface area contributed by atoms with Crippen molar-refractivity contribution >= 4 is 11.7 Å². The van der Waals surface area contributed by atoms with E-state index < -0.39 is 5.97 Å². The fourth-order valence-electron chi connectivity index (χ4n) is 2.50. The van der Waals surface area contributed by atoms with Crippen LogP contribution < -0.4 is 5.73 Å². The van der Waals surface area contributed by atoms with E-state index in [-0.39, 0.29) is 5.92 Å². The number of carboxylic acid groups (broad SMARTS) is 1. The molecular weight excluding hydrogens is 266 g/mol. The van der Waals surface area contributed by atoms with Crippen LogP contribution in [0.2, 0.25) is 0 Å². The molecule has 0 spiro atoms. The minimum absolute atomic E-state index is 0.208. The molecule has 1 saturated heterocycles. The van der Waals surface area contributed by atoms with Crippen molar-refractivity contribution in [2.24, 2.45) is 5.92 Å². The average molecular weight is 283 g/mol.